The Morgan fingerprint density at radius 2 is 2.10 bits per heavy atom. The van der Waals surface area contributed by atoms with Crippen LogP contribution in [0, 0.1) is 6.92 Å². The highest BCUT2D eigenvalue weighted by Gasteiger charge is 2.32. The van der Waals surface area contributed by atoms with Gasteiger partial charge in [-0.05, 0) is 34.6 Å². The van der Waals surface area contributed by atoms with Crippen LogP contribution in [0.3, 0.4) is 0 Å². The Bertz CT molecular complexity index is 683. The predicted octanol–water partition coefficient (Wildman–Crippen LogP) is 2.47. The highest BCUT2D eigenvalue weighted by molar-refractivity contribution is 6.20. The van der Waals surface area contributed by atoms with E-state index in [1.54, 1.807) is 0 Å². The summed E-state index contributed by atoms with van der Waals surface area (Å²) < 4.78 is 3.90. The summed E-state index contributed by atoms with van der Waals surface area (Å²) in [6, 6.07) is 0. The maximum atomic E-state index is 11.4. The fourth-order valence-electron chi connectivity index (χ4n) is 2.77. The lowest BCUT2D eigenvalue weighted by molar-refractivity contribution is -0.119. The molecule has 1 atom stereocenters. The molecule has 0 aliphatic heterocycles. The van der Waals surface area contributed by atoms with Gasteiger partial charge in [0.15, 0.2) is 5.65 Å². The molecule has 0 spiro atoms. The molecule has 2 rings (SSSR count). The lowest BCUT2D eigenvalue weighted by Gasteiger charge is -2.28. The average molecular weight is 312 g/mol. The summed E-state index contributed by atoms with van der Waals surface area (Å²) in [7, 11) is 0. The summed E-state index contributed by atoms with van der Waals surface area (Å²) in [5, 5.41) is 4.23. The van der Waals surface area contributed by atoms with Crippen LogP contribution >= 0.6 is 11.6 Å². The van der Waals surface area contributed by atoms with Gasteiger partial charge in [-0.1, -0.05) is 0 Å². The summed E-state index contributed by atoms with van der Waals surface area (Å²) in [5.74, 6) is 0.384. The van der Waals surface area contributed by atoms with E-state index in [2.05, 4.69) is 10.1 Å². The van der Waals surface area contributed by atoms with Gasteiger partial charge in [0.05, 0.1) is 16.6 Å². The second kappa shape index (κ2) is 5.33. The van der Waals surface area contributed by atoms with E-state index in [0.717, 1.165) is 29.2 Å². The minimum Gasteiger partial charge on any atom is -0.370 e. The first kappa shape index (κ1) is 15.8. The number of primary amides is 1. The van der Waals surface area contributed by atoms with Gasteiger partial charge in [0.25, 0.3) is 0 Å². The highest BCUT2D eigenvalue weighted by atomic mass is 35.5. The van der Waals surface area contributed by atoms with Crippen molar-refractivity contribution in [3.63, 3.8) is 0 Å². The number of imidazole rings is 1. The van der Waals surface area contributed by atoms with Crippen LogP contribution < -0.4 is 5.73 Å². The predicted molar refractivity (Wildman–Crippen MR) is 83.3 cm³/mol. The first-order valence-corrected chi connectivity index (χ1v) is 7.51. The summed E-state index contributed by atoms with van der Waals surface area (Å²) in [6.07, 6.45) is 0.211. The topological polar surface area (TPSA) is 78.7 Å². The molecule has 2 N–H and O–H groups in total. The zero-order valence-electron chi connectivity index (χ0n) is 13.1. The molecule has 2 aromatic rings. The number of carbonyl (C=O) groups is 1. The lowest BCUT2D eigenvalue weighted by Crippen LogP contribution is -2.34. The average Bonchev–Trinajstić information content (AvgIpc) is 2.86. The first-order valence-electron chi connectivity index (χ1n) is 7.07. The second-order valence-electron chi connectivity index (χ2n) is 5.95. The van der Waals surface area contributed by atoms with Gasteiger partial charge in [-0.25, -0.2) is 9.67 Å². The molecule has 1 unspecified atom stereocenters. The standard InChI is InChI=1S/C14H22ClN5O/c1-6-19-13-11(9(3)18-19)17-12(8(2)15)20(13)14(4,5)7-10(16)21/h8H,6-7H2,1-5H3,(H2,16,21). The van der Waals surface area contributed by atoms with Gasteiger partial charge < -0.3 is 10.3 Å². The van der Waals surface area contributed by atoms with Gasteiger partial charge in [-0.2, -0.15) is 5.10 Å². The molecule has 116 valence electrons. The number of nitrogens with two attached hydrogens (primary N) is 1. The van der Waals surface area contributed by atoms with Crippen LogP contribution in [0.2, 0.25) is 0 Å². The highest BCUT2D eigenvalue weighted by Crippen LogP contribution is 2.33. The van der Waals surface area contributed by atoms with Gasteiger partial charge in [-0.3, -0.25) is 4.79 Å². The molecule has 6 nitrogen and oxygen atoms in total. The summed E-state index contributed by atoms with van der Waals surface area (Å²) in [5.41, 5.74) is 7.47. The number of amides is 1. The Morgan fingerprint density at radius 1 is 1.48 bits per heavy atom. The van der Waals surface area contributed by atoms with E-state index in [9.17, 15) is 4.79 Å². The number of rotatable bonds is 5. The Kier molecular flexibility index (Phi) is 4.02. The fraction of sp³-hybridized carbons (Fsp3) is 0.643. The minimum absolute atomic E-state index is 0.211. The molecular weight excluding hydrogens is 290 g/mol. The van der Waals surface area contributed by atoms with Gasteiger partial charge >= 0.3 is 0 Å². The molecule has 0 fully saturated rings. The second-order valence-corrected chi connectivity index (χ2v) is 6.60. The molecule has 7 heteroatoms. The normalized spacial score (nSPS) is 13.8. The fourth-order valence-corrected chi connectivity index (χ4v) is 2.92. The smallest absolute Gasteiger partial charge is 0.219 e. The molecule has 2 heterocycles. The number of hydrogen-bond acceptors (Lipinski definition) is 3. The molecule has 0 aromatic carbocycles. The number of aryl methyl sites for hydroxylation is 2. The van der Waals surface area contributed by atoms with Crippen molar-refractivity contribution >= 4 is 28.7 Å². The third-order valence-corrected chi connectivity index (χ3v) is 3.80. The maximum absolute atomic E-state index is 11.4. The number of alkyl halides is 1. The van der Waals surface area contributed by atoms with Crippen LogP contribution in [0.5, 0.6) is 0 Å². The van der Waals surface area contributed by atoms with E-state index in [1.807, 2.05) is 43.9 Å². The molecule has 0 aliphatic rings. The van der Waals surface area contributed by atoms with Crippen LogP contribution in [-0.4, -0.2) is 25.2 Å². The Labute approximate surface area is 129 Å². The van der Waals surface area contributed by atoms with Gasteiger partial charge in [0, 0.05) is 13.0 Å². The molecule has 1 amide bonds. The zero-order chi connectivity index (χ0) is 15.9. The van der Waals surface area contributed by atoms with Gasteiger partial charge in [0.1, 0.15) is 11.3 Å². The lowest BCUT2D eigenvalue weighted by atomic mass is 9.99. The summed E-state index contributed by atoms with van der Waals surface area (Å²) >= 11 is 6.30. The largest absolute Gasteiger partial charge is 0.370 e. The third kappa shape index (κ3) is 2.64. The molecule has 0 aliphatic carbocycles. The summed E-state index contributed by atoms with van der Waals surface area (Å²) in [4.78, 5) is 16.1. The number of nitrogens with zero attached hydrogens (tertiary/aromatic N) is 4. The maximum Gasteiger partial charge on any atom is 0.219 e. The van der Waals surface area contributed by atoms with E-state index in [-0.39, 0.29) is 17.7 Å². The molecule has 21 heavy (non-hydrogen) atoms. The van der Waals surface area contributed by atoms with E-state index < -0.39 is 5.54 Å². The number of hydrogen-bond donors (Lipinski definition) is 1. The number of halogens is 1. The monoisotopic (exact) mass is 311 g/mol. The van der Waals surface area contributed by atoms with Crippen molar-refractivity contribution in [2.45, 2.75) is 58.5 Å². The van der Waals surface area contributed by atoms with E-state index in [0.29, 0.717) is 0 Å². The Morgan fingerprint density at radius 3 is 2.57 bits per heavy atom. The number of carbonyl (C=O) groups excluding carboxylic acids is 1. The Hall–Kier alpha value is -1.56. The molecule has 0 bridgehead atoms. The van der Waals surface area contributed by atoms with Gasteiger partial charge in [-0.15, -0.1) is 11.6 Å². The van der Waals surface area contributed by atoms with Crippen molar-refractivity contribution in [3.8, 4) is 0 Å². The summed E-state index contributed by atoms with van der Waals surface area (Å²) in [6.45, 7) is 10.5. The van der Waals surface area contributed by atoms with Crippen molar-refractivity contribution in [3.05, 3.63) is 11.5 Å². The van der Waals surface area contributed by atoms with E-state index in [1.165, 1.54) is 0 Å². The zero-order valence-corrected chi connectivity index (χ0v) is 13.9. The molecule has 0 radical (unpaired) electrons. The van der Waals surface area contributed by atoms with Crippen LogP contribution in [-0.2, 0) is 16.9 Å². The molecule has 0 saturated carbocycles. The quantitative estimate of drug-likeness (QED) is 0.861. The van der Waals surface area contributed by atoms with Crippen LogP contribution in [0.25, 0.3) is 11.2 Å². The van der Waals surface area contributed by atoms with Crippen LogP contribution in [0.15, 0.2) is 0 Å². The van der Waals surface area contributed by atoms with Crippen molar-refractivity contribution in [1.29, 1.82) is 0 Å². The van der Waals surface area contributed by atoms with E-state index in [4.69, 9.17) is 17.3 Å². The molecular formula is C14H22ClN5O. The van der Waals surface area contributed by atoms with Crippen LogP contribution in [0.4, 0.5) is 0 Å². The number of aromatic nitrogens is 4. The third-order valence-electron chi connectivity index (χ3n) is 3.60. The van der Waals surface area contributed by atoms with Crippen molar-refractivity contribution < 1.29 is 4.79 Å². The van der Waals surface area contributed by atoms with Crippen molar-refractivity contribution in [2.75, 3.05) is 0 Å². The SMILES string of the molecule is CCn1nc(C)c2nc(C(C)Cl)n(C(C)(C)CC(N)=O)c21. The minimum atomic E-state index is -0.515. The van der Waals surface area contributed by atoms with E-state index >= 15 is 0 Å². The molecule has 2 aromatic heterocycles. The van der Waals surface area contributed by atoms with Crippen LogP contribution in [0.1, 0.15) is 51.0 Å². The van der Waals surface area contributed by atoms with Crippen molar-refractivity contribution in [1.82, 2.24) is 19.3 Å². The van der Waals surface area contributed by atoms with Gasteiger partial charge in [0.2, 0.25) is 5.91 Å². The number of fused-ring (bicyclic) bond motifs is 1. The molecule has 0 saturated heterocycles. The van der Waals surface area contributed by atoms with Crippen molar-refractivity contribution in [2.24, 2.45) is 5.73 Å². The Balaban J connectivity index is 2.80. The first-order chi connectivity index (χ1) is 9.69.